The molecule has 0 aliphatic heterocycles. The Labute approximate surface area is 177 Å². The molecule has 0 aromatic heterocycles. The van der Waals surface area contributed by atoms with Gasteiger partial charge in [0.15, 0.2) is 0 Å². The van der Waals surface area contributed by atoms with Gasteiger partial charge in [0.1, 0.15) is 11.5 Å². The summed E-state index contributed by atoms with van der Waals surface area (Å²) in [6.45, 7) is 7.21. The fourth-order valence-electron chi connectivity index (χ4n) is 2.68. The molecule has 160 valence electrons. The lowest BCUT2D eigenvalue weighted by molar-refractivity contribution is -0.140. The zero-order valence-corrected chi connectivity index (χ0v) is 17.4. The van der Waals surface area contributed by atoms with Crippen LogP contribution in [-0.4, -0.2) is 36.4 Å². The maximum absolute atomic E-state index is 11.1. The molecule has 2 aromatic carbocycles. The summed E-state index contributed by atoms with van der Waals surface area (Å²) in [6.07, 6.45) is 4.92. The first kappa shape index (κ1) is 24.5. The number of carbonyl (C=O) groups excluding carboxylic acids is 2. The molecule has 0 aliphatic carbocycles. The van der Waals surface area contributed by atoms with Crippen molar-refractivity contribution < 1.29 is 29.3 Å². The number of aromatic hydroxyl groups is 2. The van der Waals surface area contributed by atoms with Crippen LogP contribution in [0.3, 0.4) is 0 Å². The first-order valence-corrected chi connectivity index (χ1v) is 9.32. The number of rotatable bonds is 8. The predicted molar refractivity (Wildman–Crippen MR) is 115 cm³/mol. The molecule has 0 saturated heterocycles. The van der Waals surface area contributed by atoms with Crippen molar-refractivity contribution in [1.82, 2.24) is 0 Å². The largest absolute Gasteiger partial charge is 0.508 e. The van der Waals surface area contributed by atoms with Gasteiger partial charge in [0.05, 0.1) is 27.1 Å². The third kappa shape index (κ3) is 7.83. The molecular weight excluding hydrogens is 384 g/mol. The number of phenols is 2. The van der Waals surface area contributed by atoms with Gasteiger partial charge >= 0.3 is 11.9 Å². The normalized spacial score (nSPS) is 9.67. The van der Waals surface area contributed by atoms with Crippen LogP contribution >= 0.6 is 0 Å². The quantitative estimate of drug-likeness (QED) is 0.508. The van der Waals surface area contributed by atoms with Crippen molar-refractivity contribution in [2.45, 2.75) is 25.7 Å². The highest BCUT2D eigenvalue weighted by Gasteiger charge is 2.10. The minimum absolute atomic E-state index is 0.175. The monoisotopic (exact) mass is 412 g/mol. The Hall–Kier alpha value is -3.54. The van der Waals surface area contributed by atoms with E-state index in [-0.39, 0.29) is 36.3 Å². The number of ether oxygens (including phenoxy) is 2. The van der Waals surface area contributed by atoms with E-state index < -0.39 is 0 Å². The highest BCUT2D eigenvalue weighted by Crippen LogP contribution is 2.22. The third-order valence-corrected chi connectivity index (χ3v) is 4.25. The second kappa shape index (κ2) is 12.8. The number of benzene rings is 2. The standard InChI is InChI=1S/2C12H14O3/c1-3-5-10-9(8-12(14)15-2)6-4-7-11(10)13;1-3-4-10-6-5-9(7-11(10)13)8-12(14)15-2/h3-4,6-7,13H,1,5,8H2,2H3;3,5-7,13H,1,4,8H2,2H3. The van der Waals surface area contributed by atoms with Crippen LogP contribution in [0.2, 0.25) is 0 Å². The van der Waals surface area contributed by atoms with Crippen molar-refractivity contribution in [3.8, 4) is 11.5 Å². The summed E-state index contributed by atoms with van der Waals surface area (Å²) in [6, 6.07) is 10.3. The zero-order valence-electron chi connectivity index (χ0n) is 17.4. The number of phenolic OH excluding ortho intramolecular Hbond substituents is 2. The molecule has 0 heterocycles. The predicted octanol–water partition coefficient (Wildman–Crippen LogP) is 3.67. The van der Waals surface area contributed by atoms with Crippen LogP contribution in [0, 0.1) is 0 Å². The lowest BCUT2D eigenvalue weighted by Gasteiger charge is -2.08. The van der Waals surface area contributed by atoms with Crippen LogP contribution in [0.4, 0.5) is 0 Å². The highest BCUT2D eigenvalue weighted by molar-refractivity contribution is 5.73. The number of hydrogen-bond acceptors (Lipinski definition) is 6. The van der Waals surface area contributed by atoms with Gasteiger partial charge in [-0.25, -0.2) is 0 Å². The Bertz CT molecular complexity index is 885. The Morgan fingerprint density at radius 2 is 1.50 bits per heavy atom. The Kier molecular flexibility index (Phi) is 10.5. The second-order valence-corrected chi connectivity index (χ2v) is 6.37. The van der Waals surface area contributed by atoms with Crippen molar-refractivity contribution in [3.63, 3.8) is 0 Å². The van der Waals surface area contributed by atoms with E-state index in [1.807, 2.05) is 0 Å². The van der Waals surface area contributed by atoms with Crippen LogP contribution in [-0.2, 0) is 44.7 Å². The van der Waals surface area contributed by atoms with Gasteiger partial charge in [-0.05, 0) is 41.7 Å². The molecule has 30 heavy (non-hydrogen) atoms. The maximum Gasteiger partial charge on any atom is 0.309 e. The molecule has 6 heteroatoms. The number of allylic oxidation sites excluding steroid dienone is 2. The Morgan fingerprint density at radius 3 is 2.07 bits per heavy atom. The minimum Gasteiger partial charge on any atom is -0.508 e. The molecule has 0 fully saturated rings. The second-order valence-electron chi connectivity index (χ2n) is 6.37. The summed E-state index contributed by atoms with van der Waals surface area (Å²) in [5.74, 6) is -0.246. The van der Waals surface area contributed by atoms with Crippen LogP contribution in [0.1, 0.15) is 22.3 Å². The molecule has 2 N–H and O–H groups in total. The van der Waals surface area contributed by atoms with E-state index in [4.69, 9.17) is 0 Å². The van der Waals surface area contributed by atoms with Gasteiger partial charge in [0.25, 0.3) is 0 Å². The summed E-state index contributed by atoms with van der Waals surface area (Å²) >= 11 is 0. The van der Waals surface area contributed by atoms with Gasteiger partial charge in [0.2, 0.25) is 0 Å². The fraction of sp³-hybridized carbons (Fsp3) is 0.250. The summed E-state index contributed by atoms with van der Waals surface area (Å²) in [5.41, 5.74) is 3.06. The highest BCUT2D eigenvalue weighted by atomic mass is 16.5. The summed E-state index contributed by atoms with van der Waals surface area (Å²) in [7, 11) is 2.69. The summed E-state index contributed by atoms with van der Waals surface area (Å²) in [5, 5.41) is 19.2. The molecule has 0 bridgehead atoms. The van der Waals surface area contributed by atoms with E-state index in [1.54, 1.807) is 48.6 Å². The molecule has 0 aliphatic rings. The van der Waals surface area contributed by atoms with Crippen LogP contribution in [0.25, 0.3) is 0 Å². The van der Waals surface area contributed by atoms with Crippen molar-refractivity contribution in [2.24, 2.45) is 0 Å². The SMILES string of the molecule is C=CCc1c(O)cccc1CC(=O)OC.C=CCc1ccc(CC(=O)OC)cc1O. The first-order chi connectivity index (χ1) is 14.4. The number of hydrogen-bond donors (Lipinski definition) is 2. The van der Waals surface area contributed by atoms with Crippen LogP contribution in [0.15, 0.2) is 61.7 Å². The van der Waals surface area contributed by atoms with Crippen LogP contribution < -0.4 is 0 Å². The van der Waals surface area contributed by atoms with Crippen molar-refractivity contribution in [3.05, 3.63) is 84.0 Å². The Morgan fingerprint density at radius 1 is 0.867 bits per heavy atom. The topological polar surface area (TPSA) is 93.1 Å². The molecule has 6 nitrogen and oxygen atoms in total. The molecule has 0 unspecified atom stereocenters. The summed E-state index contributed by atoms with van der Waals surface area (Å²) < 4.78 is 9.12. The van der Waals surface area contributed by atoms with E-state index in [0.29, 0.717) is 12.8 Å². The average molecular weight is 412 g/mol. The third-order valence-electron chi connectivity index (χ3n) is 4.25. The Balaban J connectivity index is 0.000000300. The molecule has 0 atom stereocenters. The van der Waals surface area contributed by atoms with Gasteiger partial charge in [-0.1, -0.05) is 36.4 Å². The van der Waals surface area contributed by atoms with Gasteiger partial charge in [0, 0.05) is 5.56 Å². The van der Waals surface area contributed by atoms with E-state index in [9.17, 15) is 19.8 Å². The van der Waals surface area contributed by atoms with Crippen molar-refractivity contribution >= 4 is 11.9 Å². The average Bonchev–Trinajstić information content (AvgIpc) is 2.73. The smallest absolute Gasteiger partial charge is 0.309 e. The van der Waals surface area contributed by atoms with Crippen LogP contribution in [0.5, 0.6) is 11.5 Å². The lowest BCUT2D eigenvalue weighted by Crippen LogP contribution is -2.06. The van der Waals surface area contributed by atoms with E-state index in [0.717, 1.165) is 22.3 Å². The van der Waals surface area contributed by atoms with Crippen molar-refractivity contribution in [2.75, 3.05) is 14.2 Å². The van der Waals surface area contributed by atoms with Crippen molar-refractivity contribution in [1.29, 1.82) is 0 Å². The molecule has 0 radical (unpaired) electrons. The number of carbonyl (C=O) groups is 2. The van der Waals surface area contributed by atoms with Gasteiger partial charge in [-0.2, -0.15) is 0 Å². The maximum atomic E-state index is 11.1. The van der Waals surface area contributed by atoms with Gasteiger partial charge < -0.3 is 19.7 Å². The fourth-order valence-corrected chi connectivity index (χ4v) is 2.68. The van der Waals surface area contributed by atoms with E-state index >= 15 is 0 Å². The number of methoxy groups -OCH3 is 2. The molecular formula is C24H28O6. The molecule has 0 saturated carbocycles. The van der Waals surface area contributed by atoms with Gasteiger partial charge in [-0.15, -0.1) is 13.2 Å². The minimum atomic E-state index is -0.314. The molecule has 2 rings (SSSR count). The molecule has 2 aromatic rings. The number of esters is 2. The van der Waals surface area contributed by atoms with E-state index in [1.165, 1.54) is 14.2 Å². The van der Waals surface area contributed by atoms with E-state index in [2.05, 4.69) is 22.6 Å². The zero-order chi connectivity index (χ0) is 22.5. The first-order valence-electron chi connectivity index (χ1n) is 9.32. The lowest BCUT2D eigenvalue weighted by atomic mass is 10.0. The molecule has 0 amide bonds. The summed E-state index contributed by atoms with van der Waals surface area (Å²) in [4.78, 5) is 22.1. The van der Waals surface area contributed by atoms with Gasteiger partial charge in [-0.3, -0.25) is 9.59 Å². The molecule has 0 spiro atoms.